The second-order valence-corrected chi connectivity index (χ2v) is 6.38. The first kappa shape index (κ1) is 19.9. The molecule has 0 N–H and O–H groups in total. The number of hydrogen-bond donors (Lipinski definition) is 0. The standard InChI is InChI=1S/C17H32N2O4/c1-5-22-15(20)17(3,16(21)23-6-2)9-7-8-10-19-13-11-18(4)12-14-19/h5-14H2,1-4H3. The van der Waals surface area contributed by atoms with Gasteiger partial charge in [-0.05, 0) is 47.2 Å². The van der Waals surface area contributed by atoms with Crippen LogP contribution in [0.15, 0.2) is 0 Å². The molecule has 0 saturated carbocycles. The molecule has 0 atom stereocenters. The summed E-state index contributed by atoms with van der Waals surface area (Å²) in [6, 6.07) is 0. The fraction of sp³-hybridized carbons (Fsp3) is 0.882. The van der Waals surface area contributed by atoms with Gasteiger partial charge in [-0.2, -0.15) is 0 Å². The van der Waals surface area contributed by atoms with Crippen LogP contribution in [-0.4, -0.2) is 74.7 Å². The van der Waals surface area contributed by atoms with Gasteiger partial charge in [0.1, 0.15) is 0 Å². The van der Waals surface area contributed by atoms with Crippen LogP contribution >= 0.6 is 0 Å². The molecule has 0 spiro atoms. The molecule has 0 aromatic carbocycles. The first-order chi connectivity index (χ1) is 10.9. The zero-order chi connectivity index (χ0) is 17.3. The van der Waals surface area contributed by atoms with Crippen LogP contribution in [0.4, 0.5) is 0 Å². The summed E-state index contributed by atoms with van der Waals surface area (Å²) in [6.45, 7) is 11.1. The van der Waals surface area contributed by atoms with Gasteiger partial charge in [0.25, 0.3) is 0 Å². The fourth-order valence-corrected chi connectivity index (χ4v) is 2.75. The number of carbonyl (C=O) groups excluding carboxylic acids is 2. The predicted molar refractivity (Wildman–Crippen MR) is 89.2 cm³/mol. The van der Waals surface area contributed by atoms with Gasteiger partial charge in [-0.1, -0.05) is 6.42 Å². The second-order valence-electron chi connectivity index (χ2n) is 6.38. The van der Waals surface area contributed by atoms with E-state index in [1.807, 2.05) is 0 Å². The van der Waals surface area contributed by atoms with Crippen molar-refractivity contribution in [2.75, 3.05) is 53.0 Å². The molecule has 6 heteroatoms. The van der Waals surface area contributed by atoms with Gasteiger partial charge in [-0.15, -0.1) is 0 Å². The number of carbonyl (C=O) groups is 2. The number of nitrogens with zero attached hydrogens (tertiary/aromatic N) is 2. The molecule has 1 aliphatic heterocycles. The Labute approximate surface area is 140 Å². The summed E-state index contributed by atoms with van der Waals surface area (Å²) in [5.74, 6) is -0.948. The lowest BCUT2D eigenvalue weighted by molar-refractivity contribution is -0.171. The Morgan fingerprint density at radius 2 is 1.48 bits per heavy atom. The van der Waals surface area contributed by atoms with E-state index < -0.39 is 17.4 Å². The molecule has 0 bridgehead atoms. The van der Waals surface area contributed by atoms with E-state index in [4.69, 9.17) is 9.47 Å². The molecule has 1 fully saturated rings. The predicted octanol–water partition coefficient (Wildman–Crippen LogP) is 1.54. The van der Waals surface area contributed by atoms with E-state index in [0.717, 1.165) is 45.6 Å². The van der Waals surface area contributed by atoms with Crippen molar-refractivity contribution in [2.24, 2.45) is 5.41 Å². The third kappa shape index (κ3) is 6.11. The van der Waals surface area contributed by atoms with E-state index >= 15 is 0 Å². The molecular weight excluding hydrogens is 296 g/mol. The van der Waals surface area contributed by atoms with Gasteiger partial charge in [-0.3, -0.25) is 9.59 Å². The summed E-state index contributed by atoms with van der Waals surface area (Å²) in [5, 5.41) is 0. The van der Waals surface area contributed by atoms with Crippen LogP contribution in [0.1, 0.15) is 40.0 Å². The quantitative estimate of drug-likeness (QED) is 0.363. The van der Waals surface area contributed by atoms with Crippen LogP contribution in [0.5, 0.6) is 0 Å². The normalized spacial score (nSPS) is 17.0. The van der Waals surface area contributed by atoms with Gasteiger partial charge < -0.3 is 19.3 Å². The van der Waals surface area contributed by atoms with Gasteiger partial charge in [0.05, 0.1) is 13.2 Å². The molecule has 6 nitrogen and oxygen atoms in total. The Balaban J connectivity index is 2.44. The maximum absolute atomic E-state index is 12.2. The Kier molecular flexibility index (Phi) is 8.55. The van der Waals surface area contributed by atoms with Crippen LogP contribution in [-0.2, 0) is 19.1 Å². The first-order valence-electron chi connectivity index (χ1n) is 8.69. The summed E-state index contributed by atoms with van der Waals surface area (Å²) < 4.78 is 10.2. The van der Waals surface area contributed by atoms with Crippen LogP contribution in [0.25, 0.3) is 0 Å². The largest absolute Gasteiger partial charge is 0.465 e. The van der Waals surface area contributed by atoms with Crippen molar-refractivity contribution in [3.8, 4) is 0 Å². The zero-order valence-corrected chi connectivity index (χ0v) is 15.1. The summed E-state index contributed by atoms with van der Waals surface area (Å²) in [4.78, 5) is 29.1. The maximum atomic E-state index is 12.2. The highest BCUT2D eigenvalue weighted by atomic mass is 16.6. The lowest BCUT2D eigenvalue weighted by Crippen LogP contribution is -2.44. The van der Waals surface area contributed by atoms with E-state index in [-0.39, 0.29) is 13.2 Å². The lowest BCUT2D eigenvalue weighted by atomic mass is 9.84. The Morgan fingerprint density at radius 3 is 1.96 bits per heavy atom. The van der Waals surface area contributed by atoms with Crippen LogP contribution in [0, 0.1) is 5.41 Å². The number of unbranched alkanes of at least 4 members (excludes halogenated alkanes) is 1. The molecule has 1 aliphatic rings. The first-order valence-corrected chi connectivity index (χ1v) is 8.69. The third-order valence-electron chi connectivity index (χ3n) is 4.45. The minimum Gasteiger partial charge on any atom is -0.465 e. The van der Waals surface area contributed by atoms with Crippen molar-refractivity contribution in [2.45, 2.75) is 40.0 Å². The molecule has 0 amide bonds. The topological polar surface area (TPSA) is 59.1 Å². The molecule has 0 unspecified atom stereocenters. The van der Waals surface area contributed by atoms with Gasteiger partial charge in [-0.25, -0.2) is 0 Å². The third-order valence-corrected chi connectivity index (χ3v) is 4.45. The highest BCUT2D eigenvalue weighted by molar-refractivity contribution is 5.99. The van der Waals surface area contributed by atoms with E-state index in [1.165, 1.54) is 0 Å². The van der Waals surface area contributed by atoms with Crippen molar-refractivity contribution in [3.05, 3.63) is 0 Å². The number of rotatable bonds is 9. The summed E-state index contributed by atoms with van der Waals surface area (Å²) in [5.41, 5.74) is -1.19. The molecule has 1 rings (SSSR count). The number of hydrogen-bond acceptors (Lipinski definition) is 6. The smallest absolute Gasteiger partial charge is 0.323 e. The van der Waals surface area contributed by atoms with Gasteiger partial charge >= 0.3 is 11.9 Å². The number of piperazine rings is 1. The molecule has 0 aromatic rings. The number of esters is 2. The summed E-state index contributed by atoms with van der Waals surface area (Å²) >= 11 is 0. The van der Waals surface area contributed by atoms with Gasteiger partial charge in [0, 0.05) is 26.2 Å². The van der Waals surface area contributed by atoms with Crippen LogP contribution < -0.4 is 0 Å². The van der Waals surface area contributed by atoms with E-state index in [1.54, 1.807) is 20.8 Å². The zero-order valence-electron chi connectivity index (χ0n) is 15.1. The van der Waals surface area contributed by atoms with Crippen molar-refractivity contribution in [1.29, 1.82) is 0 Å². The fourth-order valence-electron chi connectivity index (χ4n) is 2.75. The van der Waals surface area contributed by atoms with Crippen molar-refractivity contribution in [3.63, 3.8) is 0 Å². The Bertz CT molecular complexity index is 361. The summed E-state index contributed by atoms with van der Waals surface area (Å²) in [7, 11) is 2.14. The molecular formula is C17H32N2O4. The van der Waals surface area contributed by atoms with E-state index in [9.17, 15) is 9.59 Å². The number of likely N-dealkylation sites (N-methyl/N-ethyl adjacent to an activating group) is 1. The minimum absolute atomic E-state index is 0.273. The number of ether oxygens (including phenoxy) is 2. The van der Waals surface area contributed by atoms with E-state index in [0.29, 0.717) is 6.42 Å². The monoisotopic (exact) mass is 328 g/mol. The Hall–Kier alpha value is -1.14. The molecule has 0 aliphatic carbocycles. The lowest BCUT2D eigenvalue weighted by Gasteiger charge is -2.32. The highest BCUT2D eigenvalue weighted by Crippen LogP contribution is 2.28. The highest BCUT2D eigenvalue weighted by Gasteiger charge is 2.43. The molecule has 23 heavy (non-hydrogen) atoms. The van der Waals surface area contributed by atoms with Crippen LogP contribution in [0.2, 0.25) is 0 Å². The second kappa shape index (κ2) is 9.88. The molecule has 1 saturated heterocycles. The summed E-state index contributed by atoms with van der Waals surface area (Å²) in [6.07, 6.45) is 2.25. The van der Waals surface area contributed by atoms with Crippen molar-refractivity contribution < 1.29 is 19.1 Å². The van der Waals surface area contributed by atoms with Crippen LogP contribution in [0.3, 0.4) is 0 Å². The van der Waals surface area contributed by atoms with Gasteiger partial charge in [0.15, 0.2) is 5.41 Å². The SMILES string of the molecule is CCOC(=O)C(C)(CCCCN1CCN(C)CC1)C(=O)OCC. The van der Waals surface area contributed by atoms with Crippen molar-refractivity contribution in [1.82, 2.24) is 9.80 Å². The van der Waals surface area contributed by atoms with Crippen molar-refractivity contribution >= 4 is 11.9 Å². The van der Waals surface area contributed by atoms with Gasteiger partial charge in [0.2, 0.25) is 0 Å². The Morgan fingerprint density at radius 1 is 0.957 bits per heavy atom. The minimum atomic E-state index is -1.19. The molecule has 0 aromatic heterocycles. The molecule has 134 valence electrons. The average Bonchev–Trinajstić information content (AvgIpc) is 2.53. The van der Waals surface area contributed by atoms with E-state index in [2.05, 4.69) is 16.8 Å². The maximum Gasteiger partial charge on any atom is 0.323 e. The molecule has 0 radical (unpaired) electrons. The molecule has 1 heterocycles. The average molecular weight is 328 g/mol.